The molecule has 0 aliphatic heterocycles. The van der Waals surface area contributed by atoms with E-state index in [2.05, 4.69) is 10.1 Å². The third kappa shape index (κ3) is 2.35. The summed E-state index contributed by atoms with van der Waals surface area (Å²) in [5, 5.41) is 2.27. The van der Waals surface area contributed by atoms with Crippen molar-refractivity contribution in [2.45, 2.75) is 6.54 Å². The molecule has 0 aliphatic rings. The van der Waals surface area contributed by atoms with Crippen LogP contribution >= 0.6 is 0 Å². The van der Waals surface area contributed by atoms with Crippen LogP contribution in [0.25, 0.3) is 11.3 Å². The molecule has 0 unspecified atom stereocenters. The van der Waals surface area contributed by atoms with E-state index >= 15 is 0 Å². The van der Waals surface area contributed by atoms with Gasteiger partial charge in [0.25, 0.3) is 5.56 Å². The molecule has 3 aromatic rings. The lowest BCUT2D eigenvalue weighted by Crippen LogP contribution is -1.99. The summed E-state index contributed by atoms with van der Waals surface area (Å²) in [4.78, 5) is 15.1. The number of rotatable bonds is 4. The van der Waals surface area contributed by atoms with Crippen molar-refractivity contribution in [2.24, 2.45) is 0 Å². The van der Waals surface area contributed by atoms with Crippen molar-refractivity contribution in [3.63, 3.8) is 0 Å². The maximum atomic E-state index is 11.1. The highest BCUT2D eigenvalue weighted by Crippen LogP contribution is 2.27. The fraction of sp³-hybridized carbons (Fsp3) is 0.143. The highest BCUT2D eigenvalue weighted by Gasteiger charge is 2.09. The highest BCUT2D eigenvalue weighted by atomic mass is 16.5. The standard InChI is InChI=1S/C14H13N3O3/c1-19-12-6-10(13-7-14(18)16-20-13)2-3-11(12)8-17-5-4-15-9-17/h2-7,9H,8H2,1H3,(H,16,18). The summed E-state index contributed by atoms with van der Waals surface area (Å²) in [5.41, 5.74) is 1.54. The zero-order valence-electron chi connectivity index (χ0n) is 10.9. The number of nitrogens with one attached hydrogen (secondary N) is 1. The largest absolute Gasteiger partial charge is 0.496 e. The number of aromatic nitrogens is 3. The van der Waals surface area contributed by atoms with Crippen molar-refractivity contribution >= 4 is 0 Å². The molecule has 1 N–H and O–H groups in total. The zero-order chi connectivity index (χ0) is 13.9. The molecule has 6 nitrogen and oxygen atoms in total. The number of hydrogen-bond acceptors (Lipinski definition) is 4. The number of benzene rings is 1. The molecule has 0 atom stereocenters. The molecule has 0 saturated carbocycles. The topological polar surface area (TPSA) is 73.1 Å². The summed E-state index contributed by atoms with van der Waals surface area (Å²) < 4.78 is 12.4. The van der Waals surface area contributed by atoms with E-state index in [4.69, 9.17) is 9.26 Å². The van der Waals surface area contributed by atoms with E-state index in [0.29, 0.717) is 12.3 Å². The first-order valence-electron chi connectivity index (χ1n) is 6.08. The molecule has 0 amide bonds. The predicted octanol–water partition coefficient (Wildman–Crippen LogP) is 1.89. The van der Waals surface area contributed by atoms with Gasteiger partial charge in [-0.1, -0.05) is 12.1 Å². The lowest BCUT2D eigenvalue weighted by atomic mass is 10.1. The first-order valence-corrected chi connectivity index (χ1v) is 6.08. The average molecular weight is 271 g/mol. The Morgan fingerprint density at radius 1 is 1.40 bits per heavy atom. The van der Waals surface area contributed by atoms with Gasteiger partial charge in [-0.3, -0.25) is 4.79 Å². The first kappa shape index (κ1) is 12.3. The summed E-state index contributed by atoms with van der Waals surface area (Å²) in [6.07, 6.45) is 5.37. The Balaban J connectivity index is 1.95. The molecule has 2 heterocycles. The van der Waals surface area contributed by atoms with E-state index < -0.39 is 0 Å². The summed E-state index contributed by atoms with van der Waals surface area (Å²) in [7, 11) is 1.61. The molecule has 0 bridgehead atoms. The van der Waals surface area contributed by atoms with E-state index in [1.807, 2.05) is 29.0 Å². The van der Waals surface area contributed by atoms with Crippen LogP contribution in [0.4, 0.5) is 0 Å². The Labute approximate surface area is 114 Å². The van der Waals surface area contributed by atoms with Gasteiger partial charge in [-0.2, -0.15) is 5.16 Å². The quantitative estimate of drug-likeness (QED) is 0.786. The smallest absolute Gasteiger partial charge is 0.280 e. The summed E-state index contributed by atoms with van der Waals surface area (Å²) in [6, 6.07) is 7.09. The summed E-state index contributed by atoms with van der Waals surface area (Å²) >= 11 is 0. The molecule has 20 heavy (non-hydrogen) atoms. The van der Waals surface area contributed by atoms with Crippen LogP contribution in [0, 0.1) is 0 Å². The lowest BCUT2D eigenvalue weighted by molar-refractivity contribution is 0.407. The molecule has 1 aromatic carbocycles. The molecule has 102 valence electrons. The van der Waals surface area contributed by atoms with Gasteiger partial charge in [0.05, 0.1) is 26.0 Å². The van der Waals surface area contributed by atoms with E-state index in [1.54, 1.807) is 19.6 Å². The molecular formula is C14H13N3O3. The fourth-order valence-corrected chi connectivity index (χ4v) is 2.03. The number of methoxy groups -OCH3 is 1. The van der Waals surface area contributed by atoms with E-state index in [1.165, 1.54) is 6.07 Å². The normalized spacial score (nSPS) is 10.7. The number of H-pyrrole nitrogens is 1. The second-order valence-electron chi connectivity index (χ2n) is 4.34. The second-order valence-corrected chi connectivity index (χ2v) is 4.34. The van der Waals surface area contributed by atoms with Crippen LogP contribution < -0.4 is 10.3 Å². The van der Waals surface area contributed by atoms with Crippen LogP contribution in [0.3, 0.4) is 0 Å². The van der Waals surface area contributed by atoms with Crippen molar-refractivity contribution in [1.82, 2.24) is 14.7 Å². The molecule has 2 aromatic heterocycles. The van der Waals surface area contributed by atoms with Gasteiger partial charge >= 0.3 is 0 Å². The minimum absolute atomic E-state index is 0.263. The van der Waals surface area contributed by atoms with Crippen LogP contribution in [0.1, 0.15) is 5.56 Å². The number of hydrogen-bond donors (Lipinski definition) is 1. The molecular weight excluding hydrogens is 258 g/mol. The maximum Gasteiger partial charge on any atom is 0.280 e. The minimum atomic E-state index is -0.263. The summed E-state index contributed by atoms with van der Waals surface area (Å²) in [5.74, 6) is 1.22. The molecule has 0 radical (unpaired) electrons. The third-order valence-corrected chi connectivity index (χ3v) is 3.01. The van der Waals surface area contributed by atoms with Gasteiger partial charge in [0, 0.05) is 23.5 Å². The highest BCUT2D eigenvalue weighted by molar-refractivity contribution is 5.60. The van der Waals surface area contributed by atoms with E-state index in [0.717, 1.165) is 16.9 Å². The van der Waals surface area contributed by atoms with Gasteiger partial charge in [0.2, 0.25) is 0 Å². The van der Waals surface area contributed by atoms with E-state index in [9.17, 15) is 4.79 Å². The van der Waals surface area contributed by atoms with Crippen LogP contribution in [-0.2, 0) is 6.54 Å². The van der Waals surface area contributed by atoms with Gasteiger partial charge in [-0.15, -0.1) is 0 Å². The number of ether oxygens (including phenoxy) is 1. The van der Waals surface area contributed by atoms with Crippen LogP contribution in [0.2, 0.25) is 0 Å². The van der Waals surface area contributed by atoms with Crippen LogP contribution in [0.15, 0.2) is 52.3 Å². The molecule has 0 saturated heterocycles. The maximum absolute atomic E-state index is 11.1. The van der Waals surface area contributed by atoms with E-state index in [-0.39, 0.29) is 5.56 Å². The molecule has 3 rings (SSSR count). The van der Waals surface area contributed by atoms with Crippen molar-refractivity contribution in [2.75, 3.05) is 7.11 Å². The third-order valence-electron chi connectivity index (χ3n) is 3.01. The first-order chi connectivity index (χ1) is 9.76. The number of imidazole rings is 1. The van der Waals surface area contributed by atoms with Gasteiger partial charge in [0.15, 0.2) is 5.76 Å². The SMILES string of the molecule is COc1cc(-c2cc(=O)[nH]o2)ccc1Cn1ccnc1. The zero-order valence-corrected chi connectivity index (χ0v) is 10.9. The van der Waals surface area contributed by atoms with Gasteiger partial charge in [0.1, 0.15) is 5.75 Å². The second kappa shape index (κ2) is 5.08. The van der Waals surface area contributed by atoms with Gasteiger partial charge in [-0.25, -0.2) is 4.98 Å². The van der Waals surface area contributed by atoms with Crippen LogP contribution in [-0.4, -0.2) is 21.8 Å². The van der Waals surface area contributed by atoms with Crippen LogP contribution in [0.5, 0.6) is 5.75 Å². The Hall–Kier alpha value is -2.76. The molecule has 0 fully saturated rings. The van der Waals surface area contributed by atoms with Gasteiger partial charge < -0.3 is 13.8 Å². The summed E-state index contributed by atoms with van der Waals surface area (Å²) in [6.45, 7) is 0.667. The number of nitrogens with zero attached hydrogens (tertiary/aromatic N) is 2. The van der Waals surface area contributed by atoms with Crippen molar-refractivity contribution in [1.29, 1.82) is 0 Å². The van der Waals surface area contributed by atoms with Crippen molar-refractivity contribution in [3.05, 3.63) is 58.9 Å². The molecule has 0 aliphatic carbocycles. The Bertz CT molecular complexity index is 756. The predicted molar refractivity (Wildman–Crippen MR) is 72.6 cm³/mol. The Kier molecular flexibility index (Phi) is 3.12. The number of aromatic amines is 1. The monoisotopic (exact) mass is 271 g/mol. The van der Waals surface area contributed by atoms with Crippen molar-refractivity contribution < 1.29 is 9.26 Å². The Morgan fingerprint density at radius 2 is 2.30 bits per heavy atom. The van der Waals surface area contributed by atoms with Crippen molar-refractivity contribution in [3.8, 4) is 17.1 Å². The Morgan fingerprint density at radius 3 is 2.95 bits per heavy atom. The molecule has 6 heteroatoms. The van der Waals surface area contributed by atoms with Gasteiger partial charge in [-0.05, 0) is 6.07 Å². The fourth-order valence-electron chi connectivity index (χ4n) is 2.03. The lowest BCUT2D eigenvalue weighted by Gasteiger charge is -2.10. The average Bonchev–Trinajstić information content (AvgIpc) is 3.11. The minimum Gasteiger partial charge on any atom is -0.496 e. The molecule has 0 spiro atoms.